The maximum atomic E-state index is 11.7. The van der Waals surface area contributed by atoms with Gasteiger partial charge in [-0.25, -0.2) is 4.79 Å². The summed E-state index contributed by atoms with van der Waals surface area (Å²) < 4.78 is 1.12. The summed E-state index contributed by atoms with van der Waals surface area (Å²) in [6.45, 7) is 2.03. The summed E-state index contributed by atoms with van der Waals surface area (Å²) in [4.78, 5) is 36.0. The molecule has 0 saturated heterocycles. The van der Waals surface area contributed by atoms with Crippen LogP contribution in [0.1, 0.15) is 11.3 Å². The second kappa shape index (κ2) is 5.34. The molecule has 0 radical (unpaired) electrons. The molecular weight excluding hydrogens is 250 g/mol. The summed E-state index contributed by atoms with van der Waals surface area (Å²) in [6.07, 6.45) is 2.91. The first-order chi connectivity index (χ1) is 9.06. The molecule has 0 aliphatic heterocycles. The van der Waals surface area contributed by atoms with Crippen molar-refractivity contribution in [2.75, 3.05) is 0 Å². The van der Waals surface area contributed by atoms with Crippen molar-refractivity contribution in [2.45, 2.75) is 20.0 Å². The molecule has 0 aromatic carbocycles. The molecule has 2 aromatic rings. The SMILES string of the molecule is Cc1[nH]ncc1CNC(=O)Cn1ccc(=O)[nH]c1=O. The topological polar surface area (TPSA) is 113 Å². The molecular formula is C11H13N5O3. The third-order valence-electron chi connectivity index (χ3n) is 2.62. The van der Waals surface area contributed by atoms with Crippen LogP contribution >= 0.6 is 0 Å². The molecule has 0 bridgehead atoms. The van der Waals surface area contributed by atoms with Crippen molar-refractivity contribution in [3.63, 3.8) is 0 Å². The van der Waals surface area contributed by atoms with Gasteiger partial charge in [0.05, 0.1) is 6.20 Å². The number of aryl methyl sites for hydroxylation is 1. The maximum absolute atomic E-state index is 11.7. The van der Waals surface area contributed by atoms with Gasteiger partial charge in [-0.05, 0) is 6.92 Å². The summed E-state index contributed by atoms with van der Waals surface area (Å²) in [7, 11) is 0. The molecule has 0 atom stereocenters. The molecule has 8 nitrogen and oxygen atoms in total. The fraction of sp³-hybridized carbons (Fsp3) is 0.273. The van der Waals surface area contributed by atoms with Gasteiger partial charge < -0.3 is 5.32 Å². The standard InChI is InChI=1S/C11H13N5O3/c1-7-8(5-13-15-7)4-12-10(18)6-16-3-2-9(17)14-11(16)19/h2-3,5H,4,6H2,1H3,(H,12,18)(H,13,15)(H,14,17,19). The number of H-pyrrole nitrogens is 2. The predicted molar refractivity (Wildman–Crippen MR) is 66.5 cm³/mol. The molecule has 0 aliphatic carbocycles. The van der Waals surface area contributed by atoms with E-state index in [2.05, 4.69) is 20.5 Å². The van der Waals surface area contributed by atoms with Crippen LogP contribution in [0, 0.1) is 6.92 Å². The molecule has 0 spiro atoms. The maximum Gasteiger partial charge on any atom is 0.328 e. The molecule has 100 valence electrons. The minimum absolute atomic E-state index is 0.146. The Hall–Kier alpha value is -2.64. The first-order valence-corrected chi connectivity index (χ1v) is 5.61. The highest BCUT2D eigenvalue weighted by Crippen LogP contribution is 2.00. The van der Waals surface area contributed by atoms with Crippen molar-refractivity contribution >= 4 is 5.91 Å². The molecule has 3 N–H and O–H groups in total. The number of hydrogen-bond donors (Lipinski definition) is 3. The lowest BCUT2D eigenvalue weighted by molar-refractivity contribution is -0.121. The number of nitrogens with zero attached hydrogens (tertiary/aromatic N) is 2. The van der Waals surface area contributed by atoms with Gasteiger partial charge >= 0.3 is 5.69 Å². The molecule has 2 aromatic heterocycles. The predicted octanol–water partition coefficient (Wildman–Crippen LogP) is -1.12. The van der Waals surface area contributed by atoms with Crippen molar-refractivity contribution in [1.29, 1.82) is 0 Å². The highest BCUT2D eigenvalue weighted by Gasteiger charge is 2.06. The quantitative estimate of drug-likeness (QED) is 0.648. The van der Waals surface area contributed by atoms with E-state index in [0.717, 1.165) is 15.8 Å². The summed E-state index contributed by atoms with van der Waals surface area (Å²) in [5.41, 5.74) is 0.654. The molecule has 2 rings (SSSR count). The largest absolute Gasteiger partial charge is 0.350 e. The van der Waals surface area contributed by atoms with Crippen molar-refractivity contribution in [3.8, 4) is 0 Å². The normalized spacial score (nSPS) is 10.4. The summed E-state index contributed by atoms with van der Waals surface area (Å²) in [5, 5.41) is 9.26. The zero-order valence-electron chi connectivity index (χ0n) is 10.3. The summed E-state index contributed by atoms with van der Waals surface area (Å²) in [5.74, 6) is -0.324. The van der Waals surface area contributed by atoms with Crippen LogP contribution < -0.4 is 16.6 Å². The van der Waals surface area contributed by atoms with Gasteiger partial charge in [0.25, 0.3) is 5.56 Å². The zero-order chi connectivity index (χ0) is 13.8. The van der Waals surface area contributed by atoms with E-state index in [1.807, 2.05) is 6.92 Å². The van der Waals surface area contributed by atoms with Gasteiger partial charge in [0.1, 0.15) is 6.54 Å². The number of rotatable bonds is 4. The average Bonchev–Trinajstić information content (AvgIpc) is 2.76. The van der Waals surface area contributed by atoms with Gasteiger partial charge in [-0.2, -0.15) is 5.10 Å². The van der Waals surface area contributed by atoms with Crippen LogP contribution in [-0.4, -0.2) is 25.7 Å². The van der Waals surface area contributed by atoms with Gasteiger partial charge in [-0.3, -0.25) is 24.2 Å². The lowest BCUT2D eigenvalue weighted by Crippen LogP contribution is -2.35. The van der Waals surface area contributed by atoms with Gasteiger partial charge in [0, 0.05) is 30.1 Å². The number of carbonyl (C=O) groups excluding carboxylic acids is 1. The van der Waals surface area contributed by atoms with Crippen LogP contribution in [0.2, 0.25) is 0 Å². The van der Waals surface area contributed by atoms with Crippen LogP contribution in [0.5, 0.6) is 0 Å². The van der Waals surface area contributed by atoms with E-state index in [-0.39, 0.29) is 12.5 Å². The van der Waals surface area contributed by atoms with Crippen molar-refractivity contribution < 1.29 is 4.79 Å². The number of aromatic nitrogens is 4. The number of carbonyl (C=O) groups is 1. The minimum atomic E-state index is -0.609. The molecule has 2 heterocycles. The van der Waals surface area contributed by atoms with Gasteiger partial charge in [-0.1, -0.05) is 0 Å². The van der Waals surface area contributed by atoms with Crippen LogP contribution in [0.3, 0.4) is 0 Å². The Labute approximate surface area is 107 Å². The van der Waals surface area contributed by atoms with E-state index < -0.39 is 11.2 Å². The van der Waals surface area contributed by atoms with E-state index in [4.69, 9.17) is 0 Å². The minimum Gasteiger partial charge on any atom is -0.350 e. The van der Waals surface area contributed by atoms with Crippen LogP contribution in [0.25, 0.3) is 0 Å². The lowest BCUT2D eigenvalue weighted by atomic mass is 10.2. The summed E-state index contributed by atoms with van der Waals surface area (Å²) in [6, 6.07) is 1.19. The van der Waals surface area contributed by atoms with Crippen LogP contribution in [0.4, 0.5) is 0 Å². The Morgan fingerprint density at radius 2 is 2.26 bits per heavy atom. The van der Waals surface area contributed by atoms with Gasteiger partial charge in [0.15, 0.2) is 0 Å². The fourth-order valence-corrected chi connectivity index (χ4v) is 1.53. The molecule has 1 amide bonds. The van der Waals surface area contributed by atoms with Crippen molar-refractivity contribution in [3.05, 3.63) is 50.6 Å². The van der Waals surface area contributed by atoms with E-state index in [1.54, 1.807) is 6.20 Å². The zero-order valence-corrected chi connectivity index (χ0v) is 10.3. The first kappa shape index (κ1) is 12.8. The average molecular weight is 263 g/mol. The van der Waals surface area contributed by atoms with Crippen LogP contribution in [0.15, 0.2) is 28.0 Å². The Balaban J connectivity index is 1.96. The third-order valence-corrected chi connectivity index (χ3v) is 2.62. The number of hydrogen-bond acceptors (Lipinski definition) is 4. The van der Waals surface area contributed by atoms with E-state index in [1.165, 1.54) is 12.3 Å². The van der Waals surface area contributed by atoms with Crippen molar-refractivity contribution in [2.24, 2.45) is 0 Å². The van der Waals surface area contributed by atoms with E-state index in [9.17, 15) is 14.4 Å². The number of nitrogens with one attached hydrogen (secondary N) is 3. The lowest BCUT2D eigenvalue weighted by Gasteiger charge is -2.06. The fourth-order valence-electron chi connectivity index (χ4n) is 1.53. The van der Waals surface area contributed by atoms with E-state index in [0.29, 0.717) is 6.54 Å². The first-order valence-electron chi connectivity index (χ1n) is 5.61. The van der Waals surface area contributed by atoms with E-state index >= 15 is 0 Å². The van der Waals surface area contributed by atoms with Crippen molar-refractivity contribution in [1.82, 2.24) is 25.1 Å². The Bertz CT molecular complexity index is 697. The molecule has 0 aliphatic rings. The van der Waals surface area contributed by atoms with Gasteiger partial charge in [-0.15, -0.1) is 0 Å². The molecule has 0 fully saturated rings. The number of aromatic amines is 2. The molecule has 8 heteroatoms. The second-order valence-corrected chi connectivity index (χ2v) is 4.04. The van der Waals surface area contributed by atoms with Gasteiger partial charge in [0.2, 0.25) is 5.91 Å². The summed E-state index contributed by atoms with van der Waals surface area (Å²) >= 11 is 0. The highest BCUT2D eigenvalue weighted by molar-refractivity contribution is 5.75. The molecule has 0 unspecified atom stereocenters. The highest BCUT2D eigenvalue weighted by atomic mass is 16.2. The van der Waals surface area contributed by atoms with Crippen LogP contribution in [-0.2, 0) is 17.9 Å². The molecule has 19 heavy (non-hydrogen) atoms. The molecule has 0 saturated carbocycles. The Morgan fingerprint density at radius 1 is 1.47 bits per heavy atom. The second-order valence-electron chi connectivity index (χ2n) is 4.04. The Kier molecular flexibility index (Phi) is 3.60. The smallest absolute Gasteiger partial charge is 0.328 e. The third kappa shape index (κ3) is 3.18. The monoisotopic (exact) mass is 263 g/mol. The number of amides is 1. The Morgan fingerprint density at radius 3 is 2.89 bits per heavy atom.